The van der Waals surface area contributed by atoms with Gasteiger partial charge in [-0.25, -0.2) is 13.8 Å². The highest BCUT2D eigenvalue weighted by Gasteiger charge is 2.34. The molecule has 1 aromatic rings. The number of carboxylic acid groups (broad SMARTS) is 1. The molecule has 0 radical (unpaired) electrons. The minimum Gasteiger partial charge on any atom is -0.481 e. The number of hydrogen-bond donors (Lipinski definition) is 1. The Morgan fingerprint density at radius 3 is 2.63 bits per heavy atom. The molecule has 1 aliphatic rings. The minimum absolute atomic E-state index is 0.162. The van der Waals surface area contributed by atoms with Crippen LogP contribution in [0.3, 0.4) is 0 Å². The van der Waals surface area contributed by atoms with E-state index in [1.165, 1.54) is 12.3 Å². The van der Waals surface area contributed by atoms with Crippen molar-refractivity contribution in [2.45, 2.75) is 25.2 Å². The first-order chi connectivity index (χ1) is 8.87. The smallest absolute Gasteiger partial charge is 0.307 e. The number of anilines is 1. The molecule has 0 bridgehead atoms. The topological polar surface area (TPSA) is 53.4 Å². The molecule has 0 aromatic carbocycles. The van der Waals surface area contributed by atoms with Gasteiger partial charge in [0.05, 0.1) is 11.4 Å². The van der Waals surface area contributed by atoms with Gasteiger partial charge in [0.15, 0.2) is 0 Å². The van der Waals surface area contributed by atoms with Crippen LogP contribution in [0.5, 0.6) is 0 Å². The molecule has 0 saturated carbocycles. The highest BCUT2D eigenvalue weighted by atomic mass is 35.5. The number of aliphatic carboxylic acids is 1. The number of rotatable bonds is 3. The van der Waals surface area contributed by atoms with Crippen molar-refractivity contribution in [3.8, 4) is 0 Å². The molecule has 7 heteroatoms. The van der Waals surface area contributed by atoms with Crippen molar-refractivity contribution in [3.63, 3.8) is 0 Å². The molecule has 1 N–H and O–H groups in total. The molecule has 2 rings (SSSR count). The van der Waals surface area contributed by atoms with Crippen LogP contribution in [0.25, 0.3) is 0 Å². The number of nitrogens with zero attached hydrogens (tertiary/aromatic N) is 2. The summed E-state index contributed by atoms with van der Waals surface area (Å²) >= 11 is 6.03. The zero-order valence-corrected chi connectivity index (χ0v) is 10.8. The summed E-state index contributed by atoms with van der Waals surface area (Å²) in [6, 6.07) is 1.52. The lowest BCUT2D eigenvalue weighted by molar-refractivity contribution is -0.136. The van der Waals surface area contributed by atoms with Crippen LogP contribution in [0.4, 0.5) is 14.6 Å². The largest absolute Gasteiger partial charge is 0.481 e. The lowest BCUT2D eigenvalue weighted by atomic mass is 10.1. The van der Waals surface area contributed by atoms with Gasteiger partial charge in [0, 0.05) is 32.1 Å². The first-order valence-corrected chi connectivity index (χ1v) is 6.24. The number of pyridine rings is 1. The highest BCUT2D eigenvalue weighted by Crippen LogP contribution is 2.32. The van der Waals surface area contributed by atoms with Gasteiger partial charge in [0.25, 0.3) is 5.92 Å². The van der Waals surface area contributed by atoms with E-state index in [9.17, 15) is 13.6 Å². The zero-order chi connectivity index (χ0) is 14.0. The molecule has 1 fully saturated rings. The van der Waals surface area contributed by atoms with Gasteiger partial charge in [0.1, 0.15) is 5.82 Å². The van der Waals surface area contributed by atoms with Crippen molar-refractivity contribution in [2.75, 3.05) is 18.0 Å². The summed E-state index contributed by atoms with van der Waals surface area (Å²) in [4.78, 5) is 16.4. The molecule has 0 amide bonds. The summed E-state index contributed by atoms with van der Waals surface area (Å²) < 4.78 is 26.1. The Hall–Kier alpha value is -1.43. The van der Waals surface area contributed by atoms with Crippen LogP contribution in [0.1, 0.15) is 18.4 Å². The van der Waals surface area contributed by atoms with Crippen molar-refractivity contribution < 1.29 is 18.7 Å². The van der Waals surface area contributed by atoms with Crippen LogP contribution in [0.2, 0.25) is 5.02 Å². The van der Waals surface area contributed by atoms with E-state index in [1.807, 2.05) is 0 Å². The van der Waals surface area contributed by atoms with E-state index in [2.05, 4.69) is 4.98 Å². The van der Waals surface area contributed by atoms with Crippen molar-refractivity contribution >= 4 is 23.4 Å². The molecule has 1 saturated heterocycles. The average Bonchev–Trinajstić information content (AvgIpc) is 2.29. The van der Waals surface area contributed by atoms with Crippen LogP contribution in [-0.4, -0.2) is 35.1 Å². The van der Waals surface area contributed by atoms with E-state index in [1.54, 1.807) is 4.90 Å². The van der Waals surface area contributed by atoms with Crippen LogP contribution in [-0.2, 0) is 11.2 Å². The van der Waals surface area contributed by atoms with Crippen LogP contribution in [0.15, 0.2) is 12.3 Å². The fourth-order valence-corrected chi connectivity index (χ4v) is 2.33. The summed E-state index contributed by atoms with van der Waals surface area (Å²) in [6.45, 7) is 0.385. The summed E-state index contributed by atoms with van der Waals surface area (Å²) in [7, 11) is 0. The van der Waals surface area contributed by atoms with Gasteiger partial charge in [-0.3, -0.25) is 4.79 Å². The van der Waals surface area contributed by atoms with E-state index in [4.69, 9.17) is 16.7 Å². The van der Waals surface area contributed by atoms with Crippen molar-refractivity contribution in [2.24, 2.45) is 0 Å². The molecule has 1 aromatic heterocycles. The molecule has 19 heavy (non-hydrogen) atoms. The normalized spacial score (nSPS) is 18.4. The van der Waals surface area contributed by atoms with E-state index in [0.29, 0.717) is 16.4 Å². The second kappa shape index (κ2) is 5.28. The van der Waals surface area contributed by atoms with Gasteiger partial charge >= 0.3 is 5.97 Å². The molecule has 104 valence electrons. The summed E-state index contributed by atoms with van der Waals surface area (Å²) in [5.74, 6) is -3.15. The molecule has 0 aliphatic carbocycles. The Labute approximate surface area is 114 Å². The van der Waals surface area contributed by atoms with Crippen molar-refractivity contribution in [3.05, 3.63) is 22.8 Å². The Morgan fingerprint density at radius 2 is 2.11 bits per heavy atom. The fraction of sp³-hybridized carbons (Fsp3) is 0.500. The first-order valence-electron chi connectivity index (χ1n) is 5.86. The van der Waals surface area contributed by atoms with Gasteiger partial charge in [-0.1, -0.05) is 11.6 Å². The van der Waals surface area contributed by atoms with Gasteiger partial charge in [-0.15, -0.1) is 0 Å². The first kappa shape index (κ1) is 14.0. The Kier molecular flexibility index (Phi) is 3.89. The third kappa shape index (κ3) is 3.53. The number of carbonyl (C=O) groups is 1. The van der Waals surface area contributed by atoms with E-state index in [-0.39, 0.29) is 32.4 Å². The predicted molar refractivity (Wildman–Crippen MR) is 67.0 cm³/mol. The maximum atomic E-state index is 13.1. The third-order valence-electron chi connectivity index (χ3n) is 3.03. The van der Waals surface area contributed by atoms with Crippen molar-refractivity contribution in [1.82, 2.24) is 4.98 Å². The SMILES string of the molecule is O=C(O)Cc1cnc(N2CCC(F)(F)CC2)c(Cl)c1. The second-order valence-electron chi connectivity index (χ2n) is 4.56. The summed E-state index contributed by atoms with van der Waals surface area (Å²) in [5, 5.41) is 8.96. The zero-order valence-electron chi connectivity index (χ0n) is 10.1. The van der Waals surface area contributed by atoms with E-state index >= 15 is 0 Å². The molecule has 4 nitrogen and oxygen atoms in total. The molecular weight excluding hydrogens is 278 g/mol. The number of hydrogen-bond acceptors (Lipinski definition) is 3. The number of aromatic nitrogens is 1. The fourth-order valence-electron chi connectivity index (χ4n) is 2.02. The van der Waals surface area contributed by atoms with Crippen LogP contribution < -0.4 is 4.90 Å². The quantitative estimate of drug-likeness (QED) is 0.930. The maximum absolute atomic E-state index is 13.1. The minimum atomic E-state index is -2.62. The number of halogens is 3. The predicted octanol–water partition coefficient (Wildman–Crippen LogP) is 2.60. The molecular formula is C12H13ClF2N2O2. The maximum Gasteiger partial charge on any atom is 0.307 e. The van der Waals surface area contributed by atoms with Gasteiger partial charge in [0.2, 0.25) is 0 Å². The second-order valence-corrected chi connectivity index (χ2v) is 4.97. The van der Waals surface area contributed by atoms with Gasteiger partial charge in [-0.2, -0.15) is 0 Å². The molecule has 2 heterocycles. The molecule has 0 unspecified atom stereocenters. The van der Waals surface area contributed by atoms with E-state index in [0.717, 1.165) is 0 Å². The monoisotopic (exact) mass is 290 g/mol. The number of carboxylic acids is 1. The molecule has 0 spiro atoms. The lowest BCUT2D eigenvalue weighted by Crippen LogP contribution is -2.39. The number of alkyl halides is 2. The standard InChI is InChI=1S/C12H13ClF2N2O2/c13-9-5-8(6-10(18)19)7-16-11(9)17-3-1-12(14,15)2-4-17/h5,7H,1-4,6H2,(H,18,19). The molecule has 0 atom stereocenters. The van der Waals surface area contributed by atoms with Gasteiger partial charge in [-0.05, 0) is 11.6 Å². The molecule has 1 aliphatic heterocycles. The average molecular weight is 291 g/mol. The Balaban J connectivity index is 2.11. The summed E-state index contributed by atoms with van der Waals surface area (Å²) in [6.07, 6.45) is 0.816. The summed E-state index contributed by atoms with van der Waals surface area (Å²) in [5.41, 5.74) is 0.489. The Morgan fingerprint density at radius 1 is 1.47 bits per heavy atom. The van der Waals surface area contributed by atoms with E-state index < -0.39 is 11.9 Å². The lowest BCUT2D eigenvalue weighted by Gasteiger charge is -2.33. The van der Waals surface area contributed by atoms with Crippen LogP contribution in [0, 0.1) is 0 Å². The van der Waals surface area contributed by atoms with Crippen LogP contribution >= 0.6 is 11.6 Å². The van der Waals surface area contributed by atoms with Crippen molar-refractivity contribution in [1.29, 1.82) is 0 Å². The van der Waals surface area contributed by atoms with Gasteiger partial charge < -0.3 is 10.0 Å². The highest BCUT2D eigenvalue weighted by molar-refractivity contribution is 6.33. The Bertz CT molecular complexity index is 487. The third-order valence-corrected chi connectivity index (χ3v) is 3.31. The number of piperidine rings is 1.